The second-order valence-electron chi connectivity index (χ2n) is 13.1. The second-order valence-corrected chi connectivity index (χ2v) is 13.1. The zero-order chi connectivity index (χ0) is 23.8. The number of esters is 1. The van der Waals surface area contributed by atoms with E-state index >= 15 is 0 Å². The molecule has 0 amide bonds. The van der Waals surface area contributed by atoms with E-state index < -0.39 is 0 Å². The van der Waals surface area contributed by atoms with Crippen molar-refractivity contribution in [1.29, 1.82) is 0 Å². The average Bonchev–Trinajstić information content (AvgIpc) is 3.11. The highest BCUT2D eigenvalue weighted by Crippen LogP contribution is 2.67. The smallest absolute Gasteiger partial charge is 0.308 e. The van der Waals surface area contributed by atoms with Crippen molar-refractivity contribution in [2.75, 3.05) is 6.61 Å². The van der Waals surface area contributed by atoms with Gasteiger partial charge in [0.15, 0.2) is 0 Å². The zero-order valence-corrected chi connectivity index (χ0v) is 22.1. The predicted octanol–water partition coefficient (Wildman–Crippen LogP) is 7.32. The van der Waals surface area contributed by atoms with E-state index in [4.69, 9.17) is 9.84 Å². The quantitative estimate of drug-likeness (QED) is 0.306. The lowest BCUT2D eigenvalue weighted by Gasteiger charge is -2.58. The summed E-state index contributed by atoms with van der Waals surface area (Å²) in [5.41, 5.74) is 2.40. The first-order valence-corrected chi connectivity index (χ1v) is 14.2. The highest BCUT2D eigenvalue weighted by Gasteiger charge is 2.59. The molecule has 4 aliphatic rings. The summed E-state index contributed by atoms with van der Waals surface area (Å²) < 4.78 is 5.69. The van der Waals surface area contributed by atoms with Crippen LogP contribution in [0.4, 0.5) is 0 Å². The molecule has 0 aliphatic heterocycles. The molecule has 3 fully saturated rings. The van der Waals surface area contributed by atoms with Crippen molar-refractivity contribution in [3.8, 4) is 0 Å². The van der Waals surface area contributed by atoms with E-state index in [0.29, 0.717) is 10.8 Å². The van der Waals surface area contributed by atoms with Crippen molar-refractivity contribution < 1.29 is 14.6 Å². The van der Waals surface area contributed by atoms with Crippen LogP contribution in [0.25, 0.3) is 0 Å². The first-order valence-electron chi connectivity index (χ1n) is 14.2. The molecule has 0 spiro atoms. The Balaban J connectivity index is 1.43. The van der Waals surface area contributed by atoms with Gasteiger partial charge in [0.05, 0.1) is 13.0 Å². The summed E-state index contributed by atoms with van der Waals surface area (Å²) >= 11 is 0. The maximum absolute atomic E-state index is 11.9. The number of allylic oxidation sites excluding steroid dienone is 1. The minimum atomic E-state index is -0.242. The third-order valence-electron chi connectivity index (χ3n) is 10.9. The molecule has 0 aromatic rings. The lowest BCUT2D eigenvalue weighted by Crippen LogP contribution is -2.51. The molecule has 0 bridgehead atoms. The summed E-state index contributed by atoms with van der Waals surface area (Å²) in [5.74, 6) is 4.91. The van der Waals surface area contributed by atoms with Gasteiger partial charge in [0.25, 0.3) is 0 Å². The molecule has 4 rings (SSSR count). The predicted molar refractivity (Wildman–Crippen MR) is 135 cm³/mol. The number of hydrogen-bond acceptors (Lipinski definition) is 3. The number of rotatable bonds is 8. The van der Waals surface area contributed by atoms with E-state index in [2.05, 4.69) is 40.7 Å². The van der Waals surface area contributed by atoms with Gasteiger partial charge >= 0.3 is 5.97 Å². The topological polar surface area (TPSA) is 46.5 Å². The third-order valence-corrected chi connectivity index (χ3v) is 10.9. The summed E-state index contributed by atoms with van der Waals surface area (Å²) in [7, 11) is 0. The van der Waals surface area contributed by atoms with E-state index in [1.165, 1.54) is 51.4 Å². The summed E-state index contributed by atoms with van der Waals surface area (Å²) in [5, 5.41) is 9.02. The van der Waals surface area contributed by atoms with Crippen molar-refractivity contribution >= 4 is 5.97 Å². The minimum absolute atomic E-state index is 0.0105. The number of ether oxygens (including phenoxy) is 1. The molecule has 3 saturated carbocycles. The summed E-state index contributed by atoms with van der Waals surface area (Å²) in [6, 6.07) is 0. The van der Waals surface area contributed by atoms with Crippen molar-refractivity contribution in [2.24, 2.45) is 46.3 Å². The van der Waals surface area contributed by atoms with Crippen LogP contribution in [-0.4, -0.2) is 23.8 Å². The molecule has 0 heterocycles. The van der Waals surface area contributed by atoms with Crippen LogP contribution >= 0.6 is 0 Å². The largest absolute Gasteiger partial charge is 0.462 e. The van der Waals surface area contributed by atoms with Crippen LogP contribution in [0.2, 0.25) is 0 Å². The molecular weight excluding hydrogens is 408 g/mol. The molecule has 0 unspecified atom stereocenters. The van der Waals surface area contributed by atoms with Gasteiger partial charge in [-0.3, -0.25) is 4.79 Å². The molecule has 0 aromatic carbocycles. The van der Waals surface area contributed by atoms with Crippen molar-refractivity contribution in [1.82, 2.24) is 0 Å². The van der Waals surface area contributed by atoms with Gasteiger partial charge in [-0.2, -0.15) is 0 Å². The van der Waals surface area contributed by atoms with Gasteiger partial charge < -0.3 is 9.84 Å². The number of carbonyl (C=O) groups is 1. The summed E-state index contributed by atoms with van der Waals surface area (Å²) in [6.45, 7) is 12.4. The third kappa shape index (κ3) is 4.82. The summed E-state index contributed by atoms with van der Waals surface area (Å²) in [4.78, 5) is 11.9. The fraction of sp³-hybridized carbons (Fsp3) is 0.900. The maximum atomic E-state index is 11.9. The van der Waals surface area contributed by atoms with Gasteiger partial charge in [-0.1, -0.05) is 65.5 Å². The number of fused-ring (bicyclic) bond motifs is 5. The van der Waals surface area contributed by atoms with E-state index in [0.717, 1.165) is 54.8 Å². The fourth-order valence-corrected chi connectivity index (χ4v) is 9.09. The minimum Gasteiger partial charge on any atom is -0.462 e. The summed E-state index contributed by atoms with van der Waals surface area (Å²) in [6.07, 6.45) is 16.9. The normalized spacial score (nSPS) is 41.1. The number of hydrogen-bond donors (Lipinski definition) is 1. The highest BCUT2D eigenvalue weighted by molar-refractivity contribution is 5.69. The Morgan fingerprint density at radius 1 is 1.09 bits per heavy atom. The van der Waals surface area contributed by atoms with Crippen LogP contribution in [0.15, 0.2) is 11.6 Å². The van der Waals surface area contributed by atoms with Gasteiger partial charge in [0.2, 0.25) is 0 Å². The Morgan fingerprint density at radius 3 is 2.61 bits per heavy atom. The fourth-order valence-electron chi connectivity index (χ4n) is 9.09. The highest BCUT2D eigenvalue weighted by atomic mass is 16.5. The molecule has 0 radical (unpaired) electrons. The van der Waals surface area contributed by atoms with E-state index in [1.54, 1.807) is 5.57 Å². The molecule has 188 valence electrons. The van der Waals surface area contributed by atoms with E-state index in [1.807, 2.05) is 0 Å². The number of aliphatic hydroxyl groups is 1. The van der Waals surface area contributed by atoms with Crippen molar-refractivity contribution in [2.45, 2.75) is 118 Å². The monoisotopic (exact) mass is 458 g/mol. The van der Waals surface area contributed by atoms with E-state index in [9.17, 15) is 4.79 Å². The van der Waals surface area contributed by atoms with Gasteiger partial charge in [0.1, 0.15) is 6.10 Å². The standard InChI is InChI=1S/C30H50O3/c1-20(2)7-6-8-21(3)25-11-12-26-24-10-9-22-19-23(33-28(32)15-18-31)13-16-29(22,4)27(24)14-17-30(25,26)5/h9,20-21,23-27,31H,6-8,10-19H2,1-5H3/t21-,23+,24+,25-,26+,27+,29+,30-/m1/s1. The molecule has 1 N–H and O–H groups in total. The molecular formula is C30H50O3. The molecule has 3 nitrogen and oxygen atoms in total. The zero-order valence-electron chi connectivity index (χ0n) is 22.1. The first-order chi connectivity index (χ1) is 15.7. The number of aliphatic hydroxyl groups excluding tert-OH is 1. The lowest BCUT2D eigenvalue weighted by molar-refractivity contribution is -0.152. The maximum Gasteiger partial charge on any atom is 0.308 e. The molecule has 0 aromatic heterocycles. The SMILES string of the molecule is CC(C)CCC[C@@H](C)[C@H]1CC[C@H]2[C@@H]3CC=C4C[C@@H](OC(=O)CCO)CC[C@]4(C)[C@H]3CC[C@]12C. The van der Waals surface area contributed by atoms with Crippen molar-refractivity contribution in [3.05, 3.63) is 11.6 Å². The van der Waals surface area contributed by atoms with Crippen LogP contribution in [0.5, 0.6) is 0 Å². The van der Waals surface area contributed by atoms with E-state index in [-0.39, 0.29) is 25.1 Å². The van der Waals surface area contributed by atoms with Gasteiger partial charge in [-0.15, -0.1) is 0 Å². The Bertz CT molecular complexity index is 726. The molecule has 8 atom stereocenters. The molecule has 4 aliphatic carbocycles. The number of carbonyl (C=O) groups excluding carboxylic acids is 1. The Morgan fingerprint density at radius 2 is 1.88 bits per heavy atom. The van der Waals surface area contributed by atoms with Gasteiger partial charge in [0, 0.05) is 6.42 Å². The first kappa shape index (κ1) is 25.3. The molecule has 3 heteroatoms. The van der Waals surface area contributed by atoms with Crippen LogP contribution in [0.3, 0.4) is 0 Å². The molecule has 33 heavy (non-hydrogen) atoms. The second kappa shape index (κ2) is 10.0. The average molecular weight is 459 g/mol. The van der Waals surface area contributed by atoms with Gasteiger partial charge in [-0.25, -0.2) is 0 Å². The van der Waals surface area contributed by atoms with Crippen LogP contribution in [0.1, 0.15) is 112 Å². The van der Waals surface area contributed by atoms with Gasteiger partial charge in [-0.05, 0) is 91.3 Å². The van der Waals surface area contributed by atoms with Crippen LogP contribution < -0.4 is 0 Å². The van der Waals surface area contributed by atoms with Crippen molar-refractivity contribution in [3.63, 3.8) is 0 Å². The van der Waals surface area contributed by atoms with Crippen LogP contribution in [-0.2, 0) is 9.53 Å². The lowest BCUT2D eigenvalue weighted by atomic mass is 9.47. The molecule has 0 saturated heterocycles. The van der Waals surface area contributed by atoms with Crippen LogP contribution in [0, 0.1) is 46.3 Å². The Hall–Kier alpha value is -0.830. The Kier molecular flexibility index (Phi) is 7.68. The Labute approximate surface area is 203 Å².